The number of anilines is 2. The van der Waals surface area contributed by atoms with Crippen LogP contribution in [0.15, 0.2) is 67.0 Å². The van der Waals surface area contributed by atoms with Crippen molar-refractivity contribution in [2.45, 2.75) is 6.42 Å². The lowest BCUT2D eigenvalue weighted by atomic mass is 10.1. The summed E-state index contributed by atoms with van der Waals surface area (Å²) in [6.07, 6.45) is 2.38. The van der Waals surface area contributed by atoms with Crippen LogP contribution in [0.25, 0.3) is 11.0 Å². The highest BCUT2D eigenvalue weighted by atomic mass is 32.2. The van der Waals surface area contributed by atoms with Gasteiger partial charge in [-0.2, -0.15) is 9.97 Å². The molecule has 4 aromatic rings. The van der Waals surface area contributed by atoms with Crippen molar-refractivity contribution in [3.8, 4) is 11.8 Å². The fourth-order valence-corrected chi connectivity index (χ4v) is 4.77. The van der Waals surface area contributed by atoms with Crippen molar-refractivity contribution >= 4 is 33.5 Å². The fourth-order valence-electron chi connectivity index (χ4n) is 3.72. The molecule has 5 rings (SSSR count). The summed E-state index contributed by atoms with van der Waals surface area (Å²) in [6, 6.07) is 20.0. The molecule has 33 heavy (non-hydrogen) atoms. The number of hydrogen-bond donors (Lipinski definition) is 1. The summed E-state index contributed by atoms with van der Waals surface area (Å²) in [6.45, 7) is 1.99. The average Bonchev–Trinajstić information content (AvgIpc) is 2.86. The molecular formula is C24H24N6O2S. The summed E-state index contributed by atoms with van der Waals surface area (Å²) < 4.78 is 17.9. The lowest BCUT2D eigenvalue weighted by Gasteiger charge is -2.28. The second-order valence-electron chi connectivity index (χ2n) is 7.66. The molecule has 0 aliphatic carbocycles. The predicted octanol–water partition coefficient (Wildman–Crippen LogP) is 3.44. The molecule has 0 saturated carbocycles. The van der Waals surface area contributed by atoms with E-state index < -0.39 is 10.8 Å². The zero-order valence-corrected chi connectivity index (χ0v) is 18.9. The van der Waals surface area contributed by atoms with Crippen molar-refractivity contribution in [1.82, 2.24) is 19.9 Å². The molecule has 1 fully saturated rings. The van der Waals surface area contributed by atoms with Crippen molar-refractivity contribution in [3.63, 3.8) is 0 Å². The average molecular weight is 461 g/mol. The highest BCUT2D eigenvalue weighted by Crippen LogP contribution is 2.30. The van der Waals surface area contributed by atoms with Gasteiger partial charge in [-0.05, 0) is 24.1 Å². The minimum Gasteiger partial charge on any atom is -0.424 e. The minimum absolute atomic E-state index is 0.233. The molecule has 2 aromatic carbocycles. The summed E-state index contributed by atoms with van der Waals surface area (Å²) in [5, 5.41) is 3.40. The van der Waals surface area contributed by atoms with Gasteiger partial charge in [0.05, 0.1) is 0 Å². The van der Waals surface area contributed by atoms with E-state index in [0.717, 1.165) is 6.42 Å². The van der Waals surface area contributed by atoms with E-state index in [1.54, 1.807) is 0 Å². The van der Waals surface area contributed by atoms with E-state index >= 15 is 0 Å². The van der Waals surface area contributed by atoms with Crippen LogP contribution in [0.2, 0.25) is 0 Å². The monoisotopic (exact) mass is 460 g/mol. The Bertz CT molecular complexity index is 1250. The van der Waals surface area contributed by atoms with Crippen molar-refractivity contribution in [2.75, 3.05) is 41.4 Å². The zero-order chi connectivity index (χ0) is 22.5. The maximum Gasteiger partial charge on any atom is 0.324 e. The third kappa shape index (κ3) is 5.09. The number of fused-ring (bicyclic) bond motifs is 1. The molecule has 0 radical (unpaired) electrons. The number of ether oxygens (including phenoxy) is 1. The molecule has 1 saturated heterocycles. The molecule has 1 N–H and O–H groups in total. The largest absolute Gasteiger partial charge is 0.424 e. The van der Waals surface area contributed by atoms with E-state index in [1.165, 1.54) is 11.9 Å². The van der Waals surface area contributed by atoms with Crippen LogP contribution < -0.4 is 15.0 Å². The lowest BCUT2D eigenvalue weighted by molar-refractivity contribution is 0.444. The zero-order valence-electron chi connectivity index (χ0n) is 18.1. The molecular weight excluding hydrogens is 436 g/mol. The van der Waals surface area contributed by atoms with Crippen LogP contribution in [0.4, 0.5) is 11.6 Å². The standard InChI is InChI=1S/C24H24N6O2S/c31-33-15-13-30(14-16-33)23-21-20(28-24(29-23)32-19-9-5-2-6-10-19)22(27-17-26-21)25-12-11-18-7-3-1-4-8-18/h1-10,17H,11-16H2,(H,25,26,27). The van der Waals surface area contributed by atoms with Crippen LogP contribution in [-0.4, -0.2) is 55.3 Å². The van der Waals surface area contributed by atoms with Gasteiger partial charge in [-0.15, -0.1) is 0 Å². The van der Waals surface area contributed by atoms with Gasteiger partial charge in [0.25, 0.3) is 0 Å². The van der Waals surface area contributed by atoms with Crippen molar-refractivity contribution in [1.29, 1.82) is 0 Å². The number of rotatable bonds is 7. The van der Waals surface area contributed by atoms with Crippen LogP contribution in [0, 0.1) is 0 Å². The van der Waals surface area contributed by atoms with Gasteiger partial charge in [-0.1, -0.05) is 48.5 Å². The maximum absolute atomic E-state index is 11.9. The van der Waals surface area contributed by atoms with Gasteiger partial charge in [0.15, 0.2) is 11.6 Å². The first-order valence-electron chi connectivity index (χ1n) is 10.9. The first kappa shape index (κ1) is 21.3. The number of benzene rings is 2. The van der Waals surface area contributed by atoms with Gasteiger partial charge < -0.3 is 15.0 Å². The normalized spacial score (nSPS) is 14.4. The van der Waals surface area contributed by atoms with Gasteiger partial charge >= 0.3 is 6.01 Å². The molecule has 2 aromatic heterocycles. The number of hydrogen-bond acceptors (Lipinski definition) is 8. The molecule has 0 bridgehead atoms. The molecule has 1 aliphatic rings. The van der Waals surface area contributed by atoms with Gasteiger partial charge in [-0.25, -0.2) is 9.97 Å². The second-order valence-corrected chi connectivity index (χ2v) is 9.36. The predicted molar refractivity (Wildman–Crippen MR) is 130 cm³/mol. The number of para-hydroxylation sites is 1. The lowest BCUT2D eigenvalue weighted by Crippen LogP contribution is -2.38. The molecule has 0 spiro atoms. The first-order valence-corrected chi connectivity index (χ1v) is 12.4. The summed E-state index contributed by atoms with van der Waals surface area (Å²) in [7, 11) is -0.794. The number of aromatic nitrogens is 4. The quantitative estimate of drug-likeness (QED) is 0.448. The smallest absolute Gasteiger partial charge is 0.324 e. The maximum atomic E-state index is 11.9. The van der Waals surface area contributed by atoms with Gasteiger partial charge in [-0.3, -0.25) is 4.21 Å². The highest BCUT2D eigenvalue weighted by molar-refractivity contribution is 7.85. The Kier molecular flexibility index (Phi) is 6.39. The minimum atomic E-state index is -0.794. The second kappa shape index (κ2) is 9.91. The van der Waals surface area contributed by atoms with E-state index in [1.807, 2.05) is 48.5 Å². The molecule has 0 atom stereocenters. The van der Waals surface area contributed by atoms with E-state index in [2.05, 4.69) is 42.3 Å². The summed E-state index contributed by atoms with van der Waals surface area (Å²) in [5.41, 5.74) is 2.50. The van der Waals surface area contributed by atoms with E-state index in [4.69, 9.17) is 4.74 Å². The molecule has 9 heteroatoms. The van der Waals surface area contributed by atoms with Crippen LogP contribution >= 0.6 is 0 Å². The topological polar surface area (TPSA) is 93.1 Å². The summed E-state index contributed by atoms with van der Waals surface area (Å²) in [4.78, 5) is 20.4. The molecule has 3 heterocycles. The van der Waals surface area contributed by atoms with Crippen LogP contribution in [0.5, 0.6) is 11.8 Å². The fraction of sp³-hybridized carbons (Fsp3) is 0.250. The Labute approximate surface area is 194 Å². The van der Waals surface area contributed by atoms with Crippen LogP contribution in [0.1, 0.15) is 5.56 Å². The summed E-state index contributed by atoms with van der Waals surface area (Å²) in [5.74, 6) is 3.17. The van der Waals surface area contributed by atoms with Gasteiger partial charge in [0.2, 0.25) is 0 Å². The van der Waals surface area contributed by atoms with E-state index in [0.29, 0.717) is 59.6 Å². The molecule has 0 unspecified atom stereocenters. The Hall–Kier alpha value is -3.59. The Morgan fingerprint density at radius 2 is 1.64 bits per heavy atom. The van der Waals surface area contributed by atoms with Crippen LogP contribution in [-0.2, 0) is 17.2 Å². The Morgan fingerprint density at radius 3 is 2.39 bits per heavy atom. The molecule has 168 valence electrons. The molecule has 8 nitrogen and oxygen atoms in total. The third-order valence-corrected chi connectivity index (χ3v) is 6.70. The molecule has 0 amide bonds. The number of nitrogens with zero attached hydrogens (tertiary/aromatic N) is 5. The van der Waals surface area contributed by atoms with Crippen molar-refractivity contribution in [3.05, 3.63) is 72.6 Å². The highest BCUT2D eigenvalue weighted by Gasteiger charge is 2.23. The molecule has 1 aliphatic heterocycles. The Balaban J connectivity index is 1.49. The first-order chi connectivity index (χ1) is 16.3. The SMILES string of the molecule is O=S1CCN(c2nc(Oc3ccccc3)nc3c(NCCc4ccccc4)ncnc23)CC1. The Morgan fingerprint density at radius 1 is 0.909 bits per heavy atom. The van der Waals surface area contributed by atoms with Crippen molar-refractivity contribution < 1.29 is 8.95 Å². The van der Waals surface area contributed by atoms with Gasteiger partial charge in [0.1, 0.15) is 23.1 Å². The van der Waals surface area contributed by atoms with Crippen molar-refractivity contribution in [2.24, 2.45) is 0 Å². The van der Waals surface area contributed by atoms with Gasteiger partial charge in [0, 0.05) is 41.9 Å². The summed E-state index contributed by atoms with van der Waals surface area (Å²) >= 11 is 0. The van der Waals surface area contributed by atoms with E-state index in [-0.39, 0.29) is 6.01 Å². The van der Waals surface area contributed by atoms with Crippen LogP contribution in [0.3, 0.4) is 0 Å². The van der Waals surface area contributed by atoms with E-state index in [9.17, 15) is 4.21 Å². The third-order valence-electron chi connectivity index (χ3n) is 5.42. The number of nitrogens with one attached hydrogen (secondary N) is 1.